The number of aryl methyl sites for hydroxylation is 2. The van der Waals surface area contributed by atoms with Crippen molar-refractivity contribution in [3.8, 4) is 0 Å². The molecule has 3 amide bonds. The van der Waals surface area contributed by atoms with E-state index >= 15 is 0 Å². The van der Waals surface area contributed by atoms with Gasteiger partial charge >= 0.3 is 6.03 Å². The third-order valence-electron chi connectivity index (χ3n) is 6.13. The monoisotopic (exact) mass is 476 g/mol. The summed E-state index contributed by atoms with van der Waals surface area (Å²) < 4.78 is 0. The first-order valence-corrected chi connectivity index (χ1v) is 11.9. The molecule has 1 aliphatic rings. The second-order valence-electron chi connectivity index (χ2n) is 8.76. The zero-order valence-corrected chi connectivity index (χ0v) is 20.2. The van der Waals surface area contributed by atoms with E-state index in [2.05, 4.69) is 10.6 Å². The van der Waals surface area contributed by atoms with Gasteiger partial charge in [0, 0.05) is 42.0 Å². The summed E-state index contributed by atoms with van der Waals surface area (Å²) in [6.45, 7) is 5.63. The van der Waals surface area contributed by atoms with Crippen LogP contribution in [0.5, 0.6) is 0 Å². The topological polar surface area (TPSA) is 74.3 Å². The fourth-order valence-electron chi connectivity index (χ4n) is 4.19. The van der Waals surface area contributed by atoms with Crippen molar-refractivity contribution in [1.29, 1.82) is 0 Å². The lowest BCUT2D eigenvalue weighted by molar-refractivity contribution is 0.0948. The van der Waals surface area contributed by atoms with Gasteiger partial charge in [0.2, 0.25) is 0 Å². The zero-order chi connectivity index (χ0) is 24.1. The lowest BCUT2D eigenvalue weighted by Crippen LogP contribution is -2.41. The van der Waals surface area contributed by atoms with Crippen LogP contribution in [0.1, 0.15) is 51.6 Å². The van der Waals surface area contributed by atoms with Crippen LogP contribution >= 0.6 is 11.6 Å². The number of hydrogen-bond acceptors (Lipinski definition) is 3. The van der Waals surface area contributed by atoms with Gasteiger partial charge in [-0.25, -0.2) is 4.79 Å². The molecule has 4 rings (SSSR count). The minimum Gasteiger partial charge on any atom is -0.348 e. The molecule has 1 aliphatic heterocycles. The van der Waals surface area contributed by atoms with Crippen LogP contribution < -0.4 is 10.6 Å². The third kappa shape index (κ3) is 5.94. The molecule has 2 aromatic carbocycles. The van der Waals surface area contributed by atoms with Gasteiger partial charge in [-0.3, -0.25) is 9.78 Å². The molecule has 1 aromatic heterocycles. The van der Waals surface area contributed by atoms with E-state index in [0.717, 1.165) is 29.8 Å². The first-order chi connectivity index (χ1) is 16.4. The molecule has 2 N–H and O–H groups in total. The predicted octanol–water partition coefficient (Wildman–Crippen LogP) is 5.69. The Morgan fingerprint density at radius 2 is 1.76 bits per heavy atom. The number of rotatable bonds is 5. The molecule has 7 heteroatoms. The van der Waals surface area contributed by atoms with Gasteiger partial charge in [-0.15, -0.1) is 0 Å². The summed E-state index contributed by atoms with van der Waals surface area (Å²) in [5.41, 5.74) is 5.22. The standard InChI is InChI=1S/C27H29ClN4O2/c1-18-6-9-20(10-7-18)17-29-26(33)24-11-8-19(2)30-25(24)21-12-14-32(15-13-21)27(34)31-23-5-3-4-22(28)16-23/h3-11,16,21H,12-15,17H2,1-2H3,(H,29,33)(H,31,34). The molecule has 0 bridgehead atoms. The number of halogens is 1. The van der Waals surface area contributed by atoms with Crippen molar-refractivity contribution in [2.45, 2.75) is 39.2 Å². The van der Waals surface area contributed by atoms with Crippen LogP contribution in [0.4, 0.5) is 10.5 Å². The maximum absolute atomic E-state index is 13.0. The molecule has 0 spiro atoms. The highest BCUT2D eigenvalue weighted by Crippen LogP contribution is 2.30. The highest BCUT2D eigenvalue weighted by atomic mass is 35.5. The second-order valence-corrected chi connectivity index (χ2v) is 9.19. The molecule has 6 nitrogen and oxygen atoms in total. The maximum Gasteiger partial charge on any atom is 0.321 e. The average molecular weight is 477 g/mol. The van der Waals surface area contributed by atoms with Crippen molar-refractivity contribution < 1.29 is 9.59 Å². The van der Waals surface area contributed by atoms with Crippen molar-refractivity contribution in [3.05, 3.63) is 93.8 Å². The number of carbonyl (C=O) groups is 2. The second kappa shape index (κ2) is 10.7. The summed E-state index contributed by atoms with van der Waals surface area (Å²) in [5.74, 6) is -0.000511. The van der Waals surface area contributed by atoms with E-state index in [1.54, 1.807) is 23.1 Å². The Kier molecular flexibility index (Phi) is 7.48. The van der Waals surface area contributed by atoms with Gasteiger partial charge in [0.15, 0.2) is 0 Å². The Bertz CT molecular complexity index is 1170. The van der Waals surface area contributed by atoms with Gasteiger partial charge in [-0.05, 0) is 62.6 Å². The van der Waals surface area contributed by atoms with E-state index in [9.17, 15) is 9.59 Å². The van der Waals surface area contributed by atoms with Crippen molar-refractivity contribution in [2.75, 3.05) is 18.4 Å². The number of aromatic nitrogens is 1. The number of hydrogen-bond donors (Lipinski definition) is 2. The van der Waals surface area contributed by atoms with Gasteiger partial charge in [0.1, 0.15) is 0 Å². The van der Waals surface area contributed by atoms with Crippen molar-refractivity contribution in [1.82, 2.24) is 15.2 Å². The number of benzene rings is 2. The van der Waals surface area contributed by atoms with Crippen LogP contribution in [0.2, 0.25) is 5.02 Å². The van der Waals surface area contributed by atoms with E-state index in [1.165, 1.54) is 5.56 Å². The summed E-state index contributed by atoms with van der Waals surface area (Å²) in [4.78, 5) is 32.2. The lowest BCUT2D eigenvalue weighted by atomic mass is 9.90. The SMILES string of the molecule is Cc1ccc(CNC(=O)c2ccc(C)nc2C2CCN(C(=O)Nc3cccc(Cl)c3)CC2)cc1. The molecule has 0 aliphatic carbocycles. The minimum absolute atomic E-state index is 0.121. The Morgan fingerprint density at radius 1 is 1.03 bits per heavy atom. The highest BCUT2D eigenvalue weighted by Gasteiger charge is 2.28. The molecule has 0 radical (unpaired) electrons. The molecule has 1 fully saturated rings. The van der Waals surface area contributed by atoms with Crippen LogP contribution in [-0.2, 0) is 6.54 Å². The number of piperidine rings is 1. The number of likely N-dealkylation sites (tertiary alicyclic amines) is 1. The van der Waals surface area contributed by atoms with Gasteiger partial charge < -0.3 is 15.5 Å². The summed E-state index contributed by atoms with van der Waals surface area (Å²) >= 11 is 6.01. The van der Waals surface area contributed by atoms with E-state index in [0.29, 0.717) is 35.9 Å². The summed E-state index contributed by atoms with van der Waals surface area (Å²) in [5, 5.41) is 6.51. The minimum atomic E-state index is -0.144. The van der Waals surface area contributed by atoms with Crippen LogP contribution in [0.15, 0.2) is 60.7 Å². The van der Waals surface area contributed by atoms with Crippen LogP contribution in [0.3, 0.4) is 0 Å². The predicted molar refractivity (Wildman–Crippen MR) is 135 cm³/mol. The Balaban J connectivity index is 1.39. The quantitative estimate of drug-likeness (QED) is 0.496. The number of pyridine rings is 1. The molecule has 0 atom stereocenters. The number of nitrogens with zero attached hydrogens (tertiary/aromatic N) is 2. The van der Waals surface area contributed by atoms with Gasteiger partial charge in [-0.2, -0.15) is 0 Å². The largest absolute Gasteiger partial charge is 0.348 e. The third-order valence-corrected chi connectivity index (χ3v) is 6.36. The number of urea groups is 1. The lowest BCUT2D eigenvalue weighted by Gasteiger charge is -2.32. The Hall–Kier alpha value is -3.38. The Morgan fingerprint density at radius 3 is 2.47 bits per heavy atom. The van der Waals surface area contributed by atoms with Crippen LogP contribution in [0, 0.1) is 13.8 Å². The molecule has 34 heavy (non-hydrogen) atoms. The summed E-state index contributed by atoms with van der Waals surface area (Å²) in [6, 6.07) is 18.8. The van der Waals surface area contributed by atoms with Crippen LogP contribution in [-0.4, -0.2) is 34.9 Å². The summed E-state index contributed by atoms with van der Waals surface area (Å²) in [6.07, 6.45) is 1.50. The maximum atomic E-state index is 13.0. The zero-order valence-electron chi connectivity index (χ0n) is 19.5. The molecule has 2 heterocycles. The molecule has 0 unspecified atom stereocenters. The van der Waals surface area contributed by atoms with E-state index in [-0.39, 0.29) is 17.9 Å². The number of anilines is 1. The fourth-order valence-corrected chi connectivity index (χ4v) is 4.38. The fraction of sp³-hybridized carbons (Fsp3) is 0.296. The molecular weight excluding hydrogens is 448 g/mol. The van der Waals surface area contributed by atoms with E-state index in [1.807, 2.05) is 56.3 Å². The number of amides is 3. The number of carbonyl (C=O) groups excluding carboxylic acids is 2. The molecule has 3 aromatic rings. The van der Waals surface area contributed by atoms with Gasteiger partial charge in [-0.1, -0.05) is 47.5 Å². The van der Waals surface area contributed by atoms with Gasteiger partial charge in [0.25, 0.3) is 5.91 Å². The Labute approximate surface area is 205 Å². The van der Waals surface area contributed by atoms with Gasteiger partial charge in [0.05, 0.1) is 11.3 Å². The van der Waals surface area contributed by atoms with Crippen molar-refractivity contribution >= 4 is 29.2 Å². The van der Waals surface area contributed by atoms with Crippen molar-refractivity contribution in [2.24, 2.45) is 0 Å². The molecule has 1 saturated heterocycles. The average Bonchev–Trinajstić information content (AvgIpc) is 2.83. The first-order valence-electron chi connectivity index (χ1n) is 11.5. The van der Waals surface area contributed by atoms with Crippen molar-refractivity contribution in [3.63, 3.8) is 0 Å². The molecular formula is C27H29ClN4O2. The van der Waals surface area contributed by atoms with E-state index in [4.69, 9.17) is 16.6 Å². The highest BCUT2D eigenvalue weighted by molar-refractivity contribution is 6.30. The summed E-state index contributed by atoms with van der Waals surface area (Å²) in [7, 11) is 0. The number of nitrogens with one attached hydrogen (secondary N) is 2. The first kappa shape index (κ1) is 23.8. The normalized spacial score (nSPS) is 14.0. The smallest absolute Gasteiger partial charge is 0.321 e. The van der Waals surface area contributed by atoms with Crippen LogP contribution in [0.25, 0.3) is 0 Å². The molecule has 176 valence electrons. The van der Waals surface area contributed by atoms with E-state index < -0.39 is 0 Å². The molecule has 0 saturated carbocycles.